The molecule has 1 aromatic rings. The van der Waals surface area contributed by atoms with Crippen molar-refractivity contribution in [2.75, 3.05) is 6.54 Å². The average Bonchev–Trinajstić information content (AvgIpc) is 3.25. The van der Waals surface area contributed by atoms with Gasteiger partial charge in [-0.1, -0.05) is 50.6 Å². The Hall–Kier alpha value is -3.53. The first-order valence-corrected chi connectivity index (χ1v) is 11.9. The molecule has 3 N–H and O–H groups in total. The molecule has 0 spiro atoms. The normalized spacial score (nSPS) is 28.9. The number of oxazole rings is 1. The summed E-state index contributed by atoms with van der Waals surface area (Å²) in [4.78, 5) is 53.7. The first-order chi connectivity index (χ1) is 17.0. The van der Waals surface area contributed by atoms with Gasteiger partial charge < -0.3 is 24.9 Å². The largest absolute Gasteiger partial charge is 0.460 e. The van der Waals surface area contributed by atoms with Gasteiger partial charge in [-0.15, -0.1) is 0 Å². The third-order valence-corrected chi connectivity index (χ3v) is 5.48. The van der Waals surface area contributed by atoms with E-state index in [0.717, 1.165) is 11.8 Å². The maximum Gasteiger partial charge on any atom is 0.328 e. The zero-order valence-electron chi connectivity index (χ0n) is 21.3. The van der Waals surface area contributed by atoms with Gasteiger partial charge in [0.2, 0.25) is 11.8 Å². The van der Waals surface area contributed by atoms with Gasteiger partial charge in [0.05, 0.1) is 12.5 Å². The summed E-state index contributed by atoms with van der Waals surface area (Å²) in [5, 5.41) is 15.4. The van der Waals surface area contributed by atoms with E-state index >= 15 is 0 Å². The molecule has 1 aromatic heterocycles. The van der Waals surface area contributed by atoms with Gasteiger partial charge in [-0.25, -0.2) is 9.78 Å². The van der Waals surface area contributed by atoms with E-state index in [-0.39, 0.29) is 54.5 Å². The number of fused-ring (bicyclic) bond motifs is 2. The fourth-order valence-electron chi connectivity index (χ4n) is 3.62. The molecule has 10 nitrogen and oxygen atoms in total. The number of allylic oxidation sites excluding steroid dienone is 2. The quantitative estimate of drug-likeness (QED) is 0.495. The number of hydrogen-bond acceptors (Lipinski definition) is 8. The number of carbonyl (C=O) groups excluding carboxylic acids is 4. The van der Waals surface area contributed by atoms with Crippen molar-refractivity contribution in [1.82, 2.24) is 15.6 Å². The number of nitrogens with one attached hydrogen (secondary N) is 2. The maximum absolute atomic E-state index is 12.7. The van der Waals surface area contributed by atoms with Crippen LogP contribution in [0.2, 0.25) is 0 Å². The van der Waals surface area contributed by atoms with Gasteiger partial charge in [-0.2, -0.15) is 0 Å². The van der Waals surface area contributed by atoms with Crippen molar-refractivity contribution in [3.05, 3.63) is 53.8 Å². The molecule has 0 saturated heterocycles. The monoisotopic (exact) mass is 501 g/mol. The van der Waals surface area contributed by atoms with Crippen molar-refractivity contribution in [2.24, 2.45) is 11.8 Å². The van der Waals surface area contributed by atoms with Crippen LogP contribution in [0.4, 0.5) is 0 Å². The molecule has 2 heterocycles. The van der Waals surface area contributed by atoms with Crippen LogP contribution < -0.4 is 10.6 Å². The predicted octanol–water partition coefficient (Wildman–Crippen LogP) is 2.05. The molecular formula is C26H35N3O7. The second-order valence-corrected chi connectivity index (χ2v) is 9.23. The first-order valence-electron chi connectivity index (χ1n) is 11.9. The minimum absolute atomic E-state index is 0.0304. The summed E-state index contributed by atoms with van der Waals surface area (Å²) in [6, 6.07) is -0.974. The first kappa shape index (κ1) is 28.7. The highest BCUT2D eigenvalue weighted by molar-refractivity contribution is 5.95. The highest BCUT2D eigenvalue weighted by atomic mass is 16.5. The average molecular weight is 502 g/mol. The van der Waals surface area contributed by atoms with E-state index in [0.29, 0.717) is 0 Å². The standard InChI is InChI=1S/C26H35N3O7/c1-15(2)24-17(4)8-9-22(32)27-10-6-7-16(3)11-19(30)12-20(31)13-23-29-21(14-35-23)25(33)28-18(5)26(34)36-24/h6-9,11,14-15,17-19,24,30H,10,12-13H2,1-5H3,(H,27,32)(H,28,33)/b7-6+,9-8+,16-11+/t17-,18-,19+,24+/m0/s1. The molecule has 0 aliphatic carbocycles. The van der Waals surface area contributed by atoms with Crippen molar-refractivity contribution in [1.29, 1.82) is 0 Å². The molecular weight excluding hydrogens is 466 g/mol. The number of carbonyl (C=O) groups is 4. The number of Topliss-reactive ketones (excluding diaryl/α,β-unsaturated/α-hetero) is 1. The number of ketones is 1. The molecule has 1 aliphatic heterocycles. The molecule has 0 aromatic carbocycles. The molecule has 4 atom stereocenters. The highest BCUT2D eigenvalue weighted by Crippen LogP contribution is 2.19. The molecule has 196 valence electrons. The van der Waals surface area contributed by atoms with Gasteiger partial charge >= 0.3 is 5.97 Å². The third kappa shape index (κ3) is 9.26. The second-order valence-electron chi connectivity index (χ2n) is 9.23. The smallest absolute Gasteiger partial charge is 0.328 e. The topological polar surface area (TPSA) is 148 Å². The molecule has 0 saturated carbocycles. The highest BCUT2D eigenvalue weighted by Gasteiger charge is 2.28. The van der Waals surface area contributed by atoms with E-state index < -0.39 is 30.1 Å². The van der Waals surface area contributed by atoms with Crippen LogP contribution in [0.25, 0.3) is 0 Å². The van der Waals surface area contributed by atoms with Crippen molar-refractivity contribution in [3.63, 3.8) is 0 Å². The fraction of sp³-hybridized carbons (Fsp3) is 0.500. The van der Waals surface area contributed by atoms with Gasteiger partial charge in [-0.3, -0.25) is 14.4 Å². The van der Waals surface area contributed by atoms with Crippen LogP contribution in [0, 0.1) is 11.8 Å². The van der Waals surface area contributed by atoms with Crippen LogP contribution in [0.1, 0.15) is 57.4 Å². The number of aliphatic hydroxyl groups excluding tert-OH is 1. The van der Waals surface area contributed by atoms with Crippen LogP contribution in [-0.4, -0.2) is 58.5 Å². The van der Waals surface area contributed by atoms with E-state index in [4.69, 9.17) is 9.15 Å². The molecule has 36 heavy (non-hydrogen) atoms. The SMILES string of the molecule is CC1=C\[C@@H](O)CC(=O)Cc2nc(co2)C(=O)N[C@@H](C)C(=O)O[C@H](C(C)C)[C@@H](C)/C=C/C(=O)NC\C=C\1. The van der Waals surface area contributed by atoms with E-state index in [1.54, 1.807) is 25.2 Å². The van der Waals surface area contributed by atoms with Gasteiger partial charge in [0, 0.05) is 18.9 Å². The van der Waals surface area contributed by atoms with E-state index in [1.807, 2.05) is 20.8 Å². The molecule has 0 unspecified atom stereocenters. The Kier molecular flexibility index (Phi) is 10.8. The van der Waals surface area contributed by atoms with Crippen molar-refractivity contribution >= 4 is 23.6 Å². The number of esters is 1. The van der Waals surface area contributed by atoms with Gasteiger partial charge in [0.25, 0.3) is 5.91 Å². The molecule has 2 amide bonds. The Morgan fingerprint density at radius 3 is 2.56 bits per heavy atom. The van der Waals surface area contributed by atoms with E-state index in [9.17, 15) is 24.3 Å². The fourth-order valence-corrected chi connectivity index (χ4v) is 3.62. The Morgan fingerprint density at radius 2 is 1.86 bits per heavy atom. The van der Waals surface area contributed by atoms with Gasteiger partial charge in [0.1, 0.15) is 24.2 Å². The number of amides is 2. The summed E-state index contributed by atoms with van der Waals surface area (Å²) in [6.45, 7) is 9.15. The number of hydrogen-bond donors (Lipinski definition) is 3. The zero-order chi connectivity index (χ0) is 26.8. The number of aromatic nitrogens is 1. The summed E-state index contributed by atoms with van der Waals surface area (Å²) in [6.07, 6.45) is 7.27. The Labute approximate surface area is 210 Å². The number of aliphatic hydroxyl groups is 1. The number of rotatable bonds is 1. The lowest BCUT2D eigenvalue weighted by molar-refractivity contribution is -0.155. The van der Waals surface area contributed by atoms with Crippen LogP contribution in [-0.2, 0) is 25.5 Å². The number of ether oxygens (including phenoxy) is 1. The predicted molar refractivity (Wildman–Crippen MR) is 132 cm³/mol. The lowest BCUT2D eigenvalue weighted by Crippen LogP contribution is -2.42. The summed E-state index contributed by atoms with van der Waals surface area (Å²) in [5.41, 5.74) is 0.637. The van der Waals surface area contributed by atoms with Gasteiger partial charge in [0.15, 0.2) is 5.69 Å². The molecule has 10 heteroatoms. The Bertz CT molecular complexity index is 1040. The summed E-state index contributed by atoms with van der Waals surface area (Å²) in [7, 11) is 0. The second kappa shape index (κ2) is 13.5. The number of nitrogens with zero attached hydrogens (tertiary/aromatic N) is 1. The lowest BCUT2D eigenvalue weighted by Gasteiger charge is -2.27. The van der Waals surface area contributed by atoms with Gasteiger partial charge in [-0.05, 0) is 25.8 Å². The molecule has 2 rings (SSSR count). The maximum atomic E-state index is 12.7. The number of cyclic esters (lactones) is 1. The third-order valence-electron chi connectivity index (χ3n) is 5.48. The summed E-state index contributed by atoms with van der Waals surface area (Å²) >= 11 is 0. The van der Waals surface area contributed by atoms with Crippen molar-refractivity contribution < 1.29 is 33.4 Å². The van der Waals surface area contributed by atoms with Crippen LogP contribution in [0.5, 0.6) is 0 Å². The molecule has 2 bridgehead atoms. The van der Waals surface area contributed by atoms with Crippen LogP contribution in [0.15, 0.2) is 46.6 Å². The molecule has 0 radical (unpaired) electrons. The Balaban J connectivity index is 2.25. The van der Waals surface area contributed by atoms with Crippen molar-refractivity contribution in [2.45, 2.75) is 65.7 Å². The van der Waals surface area contributed by atoms with E-state index in [2.05, 4.69) is 15.6 Å². The minimum atomic E-state index is -1.01. The van der Waals surface area contributed by atoms with Crippen LogP contribution >= 0.6 is 0 Å². The minimum Gasteiger partial charge on any atom is -0.460 e. The van der Waals surface area contributed by atoms with Crippen LogP contribution in [0.3, 0.4) is 0 Å². The lowest BCUT2D eigenvalue weighted by atomic mass is 9.94. The molecule has 0 fully saturated rings. The Morgan fingerprint density at radius 1 is 1.14 bits per heavy atom. The van der Waals surface area contributed by atoms with Crippen molar-refractivity contribution in [3.8, 4) is 0 Å². The zero-order valence-corrected chi connectivity index (χ0v) is 21.3. The summed E-state index contributed by atoms with van der Waals surface area (Å²) in [5.74, 6) is -2.20. The van der Waals surface area contributed by atoms with E-state index in [1.165, 1.54) is 19.1 Å². The summed E-state index contributed by atoms with van der Waals surface area (Å²) < 4.78 is 10.9. The molecule has 1 aliphatic rings.